The van der Waals surface area contributed by atoms with Crippen molar-refractivity contribution in [1.29, 1.82) is 0 Å². The highest BCUT2D eigenvalue weighted by Crippen LogP contribution is 2.32. The summed E-state index contributed by atoms with van der Waals surface area (Å²) in [6, 6.07) is 0. The van der Waals surface area contributed by atoms with E-state index in [2.05, 4.69) is 15.3 Å². The molecule has 102 valence electrons. The zero-order valence-electron chi connectivity index (χ0n) is 10.8. The number of piperidine rings is 1. The normalized spacial score (nSPS) is 23.2. The first kappa shape index (κ1) is 12.2. The number of likely N-dealkylation sites (tertiary alicyclic amines) is 1. The Morgan fingerprint density at radius 1 is 1.32 bits per heavy atom. The lowest BCUT2D eigenvalue weighted by Gasteiger charge is -2.32. The van der Waals surface area contributed by atoms with Gasteiger partial charge in [-0.15, -0.1) is 0 Å². The zero-order valence-corrected chi connectivity index (χ0v) is 10.8. The van der Waals surface area contributed by atoms with Gasteiger partial charge >= 0.3 is 0 Å². The summed E-state index contributed by atoms with van der Waals surface area (Å²) in [6.45, 7) is 1.34. The molecule has 2 heterocycles. The predicted molar refractivity (Wildman–Crippen MR) is 69.2 cm³/mol. The summed E-state index contributed by atoms with van der Waals surface area (Å²) in [5.41, 5.74) is 0. The van der Waals surface area contributed by atoms with Crippen molar-refractivity contribution in [3.05, 3.63) is 12.4 Å². The van der Waals surface area contributed by atoms with E-state index in [9.17, 15) is 9.59 Å². The van der Waals surface area contributed by atoms with Crippen LogP contribution in [0, 0.1) is 11.8 Å². The van der Waals surface area contributed by atoms with Gasteiger partial charge in [-0.1, -0.05) is 0 Å². The summed E-state index contributed by atoms with van der Waals surface area (Å²) in [6.07, 6.45) is 7.02. The van der Waals surface area contributed by atoms with Crippen molar-refractivity contribution in [2.24, 2.45) is 11.8 Å². The summed E-state index contributed by atoms with van der Waals surface area (Å²) in [5, 5.41) is 2.75. The largest absolute Gasteiger partial charge is 0.342 e. The Morgan fingerprint density at radius 3 is 2.84 bits per heavy atom. The van der Waals surface area contributed by atoms with Gasteiger partial charge in [-0.25, -0.2) is 4.98 Å². The van der Waals surface area contributed by atoms with E-state index in [1.807, 2.05) is 4.90 Å². The lowest BCUT2D eigenvalue weighted by atomic mass is 9.97. The van der Waals surface area contributed by atoms with Gasteiger partial charge in [0, 0.05) is 31.4 Å². The number of hydrogen-bond acceptors (Lipinski definition) is 3. The third kappa shape index (κ3) is 2.77. The molecule has 19 heavy (non-hydrogen) atoms. The Bertz CT molecular complexity index is 467. The predicted octanol–water partition coefficient (Wildman–Crippen LogP) is 0.997. The van der Waals surface area contributed by atoms with E-state index >= 15 is 0 Å². The fourth-order valence-electron chi connectivity index (χ4n) is 2.53. The van der Waals surface area contributed by atoms with Crippen LogP contribution in [-0.4, -0.2) is 39.8 Å². The highest BCUT2D eigenvalue weighted by Gasteiger charge is 2.36. The molecule has 1 aromatic rings. The van der Waals surface area contributed by atoms with Crippen molar-refractivity contribution >= 4 is 17.8 Å². The van der Waals surface area contributed by atoms with Crippen molar-refractivity contribution in [3.8, 4) is 0 Å². The van der Waals surface area contributed by atoms with Crippen LogP contribution >= 0.6 is 0 Å². The molecule has 0 aromatic carbocycles. The number of aromatic nitrogens is 2. The Hall–Kier alpha value is -1.85. The molecule has 1 atom stereocenters. The molecule has 1 aliphatic carbocycles. The molecule has 3 rings (SSSR count). The molecule has 1 saturated carbocycles. The molecule has 0 radical (unpaired) electrons. The second-order valence-electron chi connectivity index (χ2n) is 5.32. The summed E-state index contributed by atoms with van der Waals surface area (Å²) in [4.78, 5) is 32.8. The quantitative estimate of drug-likeness (QED) is 0.853. The Morgan fingerprint density at radius 2 is 2.16 bits per heavy atom. The van der Waals surface area contributed by atoms with Gasteiger partial charge in [0.1, 0.15) is 0 Å². The number of aromatic amines is 1. The van der Waals surface area contributed by atoms with Gasteiger partial charge in [0.25, 0.3) is 0 Å². The average Bonchev–Trinajstić information content (AvgIpc) is 3.17. The van der Waals surface area contributed by atoms with Crippen LogP contribution in [0.25, 0.3) is 0 Å². The minimum absolute atomic E-state index is 0.0525. The summed E-state index contributed by atoms with van der Waals surface area (Å²) < 4.78 is 0. The number of H-pyrrole nitrogens is 1. The standard InChI is InChI=1S/C13H18N4O2/c18-11(16-13-14-5-6-15-13)10-2-1-7-17(8-10)12(19)9-3-4-9/h5-6,9-10H,1-4,7-8H2,(H2,14,15,16,18). The molecule has 2 fully saturated rings. The van der Waals surface area contributed by atoms with E-state index in [4.69, 9.17) is 0 Å². The van der Waals surface area contributed by atoms with E-state index in [1.165, 1.54) is 0 Å². The second kappa shape index (κ2) is 5.03. The molecule has 1 aromatic heterocycles. The lowest BCUT2D eigenvalue weighted by molar-refractivity contribution is -0.135. The maximum absolute atomic E-state index is 12.1. The van der Waals surface area contributed by atoms with Crippen LogP contribution in [0.3, 0.4) is 0 Å². The highest BCUT2D eigenvalue weighted by molar-refractivity contribution is 5.91. The fourth-order valence-corrected chi connectivity index (χ4v) is 2.53. The number of nitrogens with zero attached hydrogens (tertiary/aromatic N) is 2. The van der Waals surface area contributed by atoms with Crippen molar-refractivity contribution in [3.63, 3.8) is 0 Å². The van der Waals surface area contributed by atoms with Crippen LogP contribution in [0.4, 0.5) is 5.95 Å². The lowest BCUT2D eigenvalue weighted by Crippen LogP contribution is -2.44. The molecular weight excluding hydrogens is 244 g/mol. The van der Waals surface area contributed by atoms with Crippen LogP contribution in [0.15, 0.2) is 12.4 Å². The highest BCUT2D eigenvalue weighted by atomic mass is 16.2. The molecule has 2 amide bonds. The van der Waals surface area contributed by atoms with E-state index < -0.39 is 0 Å². The van der Waals surface area contributed by atoms with Gasteiger partial charge in [0.2, 0.25) is 17.8 Å². The molecular formula is C13H18N4O2. The van der Waals surface area contributed by atoms with Crippen LogP contribution in [0.5, 0.6) is 0 Å². The van der Waals surface area contributed by atoms with E-state index in [0.29, 0.717) is 12.5 Å². The number of imidazole rings is 1. The number of nitrogens with one attached hydrogen (secondary N) is 2. The number of carbonyl (C=O) groups is 2. The number of carbonyl (C=O) groups excluding carboxylic acids is 2. The fraction of sp³-hybridized carbons (Fsp3) is 0.615. The average molecular weight is 262 g/mol. The van der Waals surface area contributed by atoms with E-state index in [1.54, 1.807) is 12.4 Å². The second-order valence-corrected chi connectivity index (χ2v) is 5.32. The van der Waals surface area contributed by atoms with Gasteiger partial charge in [-0.3, -0.25) is 14.9 Å². The molecule has 2 aliphatic rings. The Labute approximate surface area is 111 Å². The molecule has 6 heteroatoms. The first-order chi connectivity index (χ1) is 9.24. The third-order valence-electron chi connectivity index (χ3n) is 3.77. The minimum Gasteiger partial charge on any atom is -0.342 e. The summed E-state index contributed by atoms with van der Waals surface area (Å²) in [7, 11) is 0. The maximum atomic E-state index is 12.1. The number of anilines is 1. The molecule has 1 aliphatic heterocycles. The van der Waals surface area contributed by atoms with Gasteiger partial charge in [0.15, 0.2) is 0 Å². The monoisotopic (exact) mass is 262 g/mol. The van der Waals surface area contributed by atoms with Crippen molar-refractivity contribution in [2.45, 2.75) is 25.7 Å². The van der Waals surface area contributed by atoms with E-state index in [-0.39, 0.29) is 23.7 Å². The van der Waals surface area contributed by atoms with Crippen LogP contribution in [-0.2, 0) is 9.59 Å². The topological polar surface area (TPSA) is 78.1 Å². The number of hydrogen-bond donors (Lipinski definition) is 2. The first-order valence-electron chi connectivity index (χ1n) is 6.83. The van der Waals surface area contributed by atoms with Gasteiger partial charge in [-0.05, 0) is 25.7 Å². The third-order valence-corrected chi connectivity index (χ3v) is 3.77. The van der Waals surface area contributed by atoms with Crippen molar-refractivity contribution < 1.29 is 9.59 Å². The SMILES string of the molecule is O=C(Nc1ncc[nH]1)C1CCCN(C(=O)C2CC2)C1. The van der Waals surface area contributed by atoms with Gasteiger partial charge in [-0.2, -0.15) is 0 Å². The number of amides is 2. The summed E-state index contributed by atoms with van der Waals surface area (Å²) in [5.74, 6) is 0.753. The minimum atomic E-state index is -0.124. The van der Waals surface area contributed by atoms with Crippen LogP contribution < -0.4 is 5.32 Å². The van der Waals surface area contributed by atoms with Crippen LogP contribution in [0.1, 0.15) is 25.7 Å². The maximum Gasteiger partial charge on any atom is 0.231 e. The van der Waals surface area contributed by atoms with Gasteiger partial charge in [0.05, 0.1) is 5.92 Å². The number of rotatable bonds is 3. The molecule has 0 spiro atoms. The molecule has 0 bridgehead atoms. The molecule has 6 nitrogen and oxygen atoms in total. The smallest absolute Gasteiger partial charge is 0.231 e. The summed E-state index contributed by atoms with van der Waals surface area (Å²) >= 11 is 0. The van der Waals surface area contributed by atoms with Gasteiger partial charge < -0.3 is 9.88 Å². The molecule has 1 unspecified atom stereocenters. The zero-order chi connectivity index (χ0) is 13.2. The van der Waals surface area contributed by atoms with Crippen molar-refractivity contribution in [2.75, 3.05) is 18.4 Å². The van der Waals surface area contributed by atoms with E-state index in [0.717, 1.165) is 32.2 Å². The molecule has 2 N–H and O–H groups in total. The van der Waals surface area contributed by atoms with Crippen LogP contribution in [0.2, 0.25) is 0 Å². The Balaban J connectivity index is 1.58. The first-order valence-corrected chi connectivity index (χ1v) is 6.83. The molecule has 1 saturated heterocycles. The van der Waals surface area contributed by atoms with Crippen molar-refractivity contribution in [1.82, 2.24) is 14.9 Å². The Kier molecular flexibility index (Phi) is 3.23.